The van der Waals surface area contributed by atoms with Crippen molar-refractivity contribution in [1.82, 2.24) is 14.9 Å². The van der Waals surface area contributed by atoms with Gasteiger partial charge in [0.2, 0.25) is 0 Å². The average Bonchev–Trinajstić information content (AvgIpc) is 2.81. The number of aromatic nitrogens is 2. The molecule has 0 aromatic carbocycles. The summed E-state index contributed by atoms with van der Waals surface area (Å²) in [6.45, 7) is 0.469. The molecule has 2 aromatic heterocycles. The van der Waals surface area contributed by atoms with Gasteiger partial charge in [-0.25, -0.2) is 4.98 Å². The maximum absolute atomic E-state index is 12.1. The lowest BCUT2D eigenvalue weighted by Crippen LogP contribution is -2.27. The molecule has 6 heteroatoms. The van der Waals surface area contributed by atoms with Gasteiger partial charge in [0, 0.05) is 30.5 Å². The predicted octanol–water partition coefficient (Wildman–Crippen LogP) is 1.39. The van der Waals surface area contributed by atoms with Crippen LogP contribution in [-0.2, 0) is 6.54 Å². The fourth-order valence-electron chi connectivity index (χ4n) is 1.42. The first-order chi connectivity index (χ1) is 8.18. The van der Waals surface area contributed by atoms with Gasteiger partial charge in [-0.3, -0.25) is 9.78 Å². The van der Waals surface area contributed by atoms with Crippen LogP contribution in [0.2, 0.25) is 0 Å². The van der Waals surface area contributed by atoms with Gasteiger partial charge in [0.15, 0.2) is 0 Å². The Morgan fingerprint density at radius 3 is 3.06 bits per heavy atom. The molecule has 0 spiro atoms. The van der Waals surface area contributed by atoms with Crippen molar-refractivity contribution >= 4 is 22.9 Å². The quantitative estimate of drug-likeness (QED) is 0.891. The Bertz CT molecular complexity index is 512. The van der Waals surface area contributed by atoms with Crippen molar-refractivity contribution in [3.63, 3.8) is 0 Å². The summed E-state index contributed by atoms with van der Waals surface area (Å²) in [4.78, 5) is 21.7. The van der Waals surface area contributed by atoms with Crippen molar-refractivity contribution in [3.8, 4) is 0 Å². The SMILES string of the molecule is CN(Cc1cscn1)C(=O)c1cnccc1N. The number of hydrogen-bond acceptors (Lipinski definition) is 5. The summed E-state index contributed by atoms with van der Waals surface area (Å²) in [5.41, 5.74) is 9.20. The largest absolute Gasteiger partial charge is 0.398 e. The molecule has 88 valence electrons. The number of amides is 1. The number of pyridine rings is 1. The molecule has 0 aliphatic carbocycles. The van der Waals surface area contributed by atoms with Crippen molar-refractivity contribution in [2.45, 2.75) is 6.54 Å². The van der Waals surface area contributed by atoms with E-state index in [1.807, 2.05) is 5.38 Å². The number of thiazole rings is 1. The molecular formula is C11H12N4OS. The molecule has 5 nitrogen and oxygen atoms in total. The van der Waals surface area contributed by atoms with Gasteiger partial charge < -0.3 is 10.6 Å². The van der Waals surface area contributed by atoms with Gasteiger partial charge >= 0.3 is 0 Å². The van der Waals surface area contributed by atoms with Crippen LogP contribution in [0.25, 0.3) is 0 Å². The Labute approximate surface area is 103 Å². The zero-order valence-electron chi connectivity index (χ0n) is 9.33. The van der Waals surface area contributed by atoms with Crippen LogP contribution >= 0.6 is 11.3 Å². The molecule has 0 aliphatic rings. The Balaban J connectivity index is 2.13. The minimum atomic E-state index is -0.149. The first kappa shape index (κ1) is 11.5. The third-order valence-corrected chi connectivity index (χ3v) is 2.95. The number of nitrogen functional groups attached to an aromatic ring is 1. The zero-order chi connectivity index (χ0) is 12.3. The van der Waals surface area contributed by atoms with Crippen LogP contribution in [0.4, 0.5) is 5.69 Å². The summed E-state index contributed by atoms with van der Waals surface area (Å²) in [5, 5.41) is 1.91. The van der Waals surface area contributed by atoms with Crippen LogP contribution in [0, 0.1) is 0 Å². The molecule has 1 amide bonds. The highest BCUT2D eigenvalue weighted by Gasteiger charge is 2.15. The molecule has 0 radical (unpaired) electrons. The van der Waals surface area contributed by atoms with E-state index < -0.39 is 0 Å². The second-order valence-corrected chi connectivity index (χ2v) is 4.32. The van der Waals surface area contributed by atoms with E-state index in [1.165, 1.54) is 17.5 Å². The lowest BCUT2D eigenvalue weighted by Gasteiger charge is -2.16. The summed E-state index contributed by atoms with van der Waals surface area (Å²) in [5.74, 6) is -0.149. The smallest absolute Gasteiger partial charge is 0.257 e. The number of nitrogens with zero attached hydrogens (tertiary/aromatic N) is 3. The van der Waals surface area contributed by atoms with E-state index in [0.29, 0.717) is 17.8 Å². The number of anilines is 1. The van der Waals surface area contributed by atoms with E-state index in [-0.39, 0.29) is 5.91 Å². The van der Waals surface area contributed by atoms with E-state index in [1.54, 1.807) is 29.7 Å². The molecule has 2 rings (SSSR count). The average molecular weight is 248 g/mol. The second-order valence-electron chi connectivity index (χ2n) is 3.60. The molecule has 2 aromatic rings. The van der Waals surface area contributed by atoms with Crippen LogP contribution in [-0.4, -0.2) is 27.8 Å². The predicted molar refractivity (Wildman–Crippen MR) is 66.6 cm³/mol. The first-order valence-electron chi connectivity index (χ1n) is 5.00. The van der Waals surface area contributed by atoms with Crippen molar-refractivity contribution in [3.05, 3.63) is 40.6 Å². The topological polar surface area (TPSA) is 72.1 Å². The maximum Gasteiger partial charge on any atom is 0.257 e. The Morgan fingerprint density at radius 2 is 2.41 bits per heavy atom. The van der Waals surface area contributed by atoms with Crippen LogP contribution in [0.1, 0.15) is 16.1 Å². The summed E-state index contributed by atoms with van der Waals surface area (Å²) in [6.07, 6.45) is 3.04. The monoisotopic (exact) mass is 248 g/mol. The van der Waals surface area contributed by atoms with Gasteiger partial charge in [0.25, 0.3) is 5.91 Å². The summed E-state index contributed by atoms with van der Waals surface area (Å²) < 4.78 is 0. The highest BCUT2D eigenvalue weighted by molar-refractivity contribution is 7.07. The third kappa shape index (κ3) is 2.59. The minimum Gasteiger partial charge on any atom is -0.398 e. The summed E-state index contributed by atoms with van der Waals surface area (Å²) >= 11 is 1.51. The molecule has 17 heavy (non-hydrogen) atoms. The second kappa shape index (κ2) is 4.92. The maximum atomic E-state index is 12.1. The van der Waals surface area contributed by atoms with E-state index in [0.717, 1.165) is 5.69 Å². The van der Waals surface area contributed by atoms with E-state index in [4.69, 9.17) is 5.73 Å². The molecule has 0 fully saturated rings. The molecule has 0 unspecified atom stereocenters. The van der Waals surface area contributed by atoms with Gasteiger partial charge in [-0.05, 0) is 6.07 Å². The van der Waals surface area contributed by atoms with Gasteiger partial charge in [-0.1, -0.05) is 0 Å². The highest BCUT2D eigenvalue weighted by Crippen LogP contribution is 2.13. The molecule has 0 atom stereocenters. The molecule has 0 saturated heterocycles. The molecule has 0 bridgehead atoms. The number of nitrogens with two attached hydrogens (primary N) is 1. The first-order valence-corrected chi connectivity index (χ1v) is 5.95. The van der Waals surface area contributed by atoms with Crippen LogP contribution in [0.15, 0.2) is 29.4 Å². The Kier molecular flexibility index (Phi) is 3.34. The van der Waals surface area contributed by atoms with Crippen molar-refractivity contribution in [1.29, 1.82) is 0 Å². The number of carbonyl (C=O) groups excluding carboxylic acids is 1. The number of carbonyl (C=O) groups is 1. The third-order valence-electron chi connectivity index (χ3n) is 2.31. The normalized spacial score (nSPS) is 10.2. The van der Waals surface area contributed by atoms with E-state index in [2.05, 4.69) is 9.97 Å². The van der Waals surface area contributed by atoms with Crippen molar-refractivity contribution in [2.24, 2.45) is 0 Å². The lowest BCUT2D eigenvalue weighted by molar-refractivity contribution is 0.0784. The zero-order valence-corrected chi connectivity index (χ0v) is 10.1. The van der Waals surface area contributed by atoms with E-state index >= 15 is 0 Å². The van der Waals surface area contributed by atoms with Gasteiger partial charge in [-0.2, -0.15) is 0 Å². The lowest BCUT2D eigenvalue weighted by atomic mass is 10.2. The fourth-order valence-corrected chi connectivity index (χ4v) is 1.97. The van der Waals surface area contributed by atoms with Gasteiger partial charge in [0.05, 0.1) is 23.3 Å². The van der Waals surface area contributed by atoms with Crippen LogP contribution in [0.5, 0.6) is 0 Å². The molecule has 2 N–H and O–H groups in total. The molecule has 2 heterocycles. The standard InChI is InChI=1S/C11H12N4OS/c1-15(5-8-6-17-7-14-8)11(16)9-4-13-3-2-10(9)12/h2-4,6-7H,5H2,1H3,(H2,12,13). The van der Waals surface area contributed by atoms with Crippen molar-refractivity contribution in [2.75, 3.05) is 12.8 Å². The Morgan fingerprint density at radius 1 is 1.59 bits per heavy atom. The van der Waals surface area contributed by atoms with Gasteiger partial charge in [0.1, 0.15) is 0 Å². The highest BCUT2D eigenvalue weighted by atomic mass is 32.1. The molecule has 0 saturated carbocycles. The summed E-state index contributed by atoms with van der Waals surface area (Å²) in [6, 6.07) is 1.61. The van der Waals surface area contributed by atoms with Crippen LogP contribution in [0.3, 0.4) is 0 Å². The minimum absolute atomic E-state index is 0.149. The van der Waals surface area contributed by atoms with Crippen molar-refractivity contribution < 1.29 is 4.79 Å². The van der Waals surface area contributed by atoms with Crippen LogP contribution < -0.4 is 5.73 Å². The fraction of sp³-hybridized carbons (Fsp3) is 0.182. The number of hydrogen-bond donors (Lipinski definition) is 1. The van der Waals surface area contributed by atoms with E-state index in [9.17, 15) is 4.79 Å². The Hall–Kier alpha value is -1.95. The molecular weight excluding hydrogens is 236 g/mol. The molecule has 0 aliphatic heterocycles. The number of rotatable bonds is 3. The summed E-state index contributed by atoms with van der Waals surface area (Å²) in [7, 11) is 1.72. The van der Waals surface area contributed by atoms with Gasteiger partial charge in [-0.15, -0.1) is 11.3 Å².